The lowest BCUT2D eigenvalue weighted by atomic mass is 9.94. The van der Waals surface area contributed by atoms with Gasteiger partial charge in [0.1, 0.15) is 5.75 Å². The fraction of sp³-hybridized carbons (Fsp3) is 0.304. The molecule has 0 spiro atoms. The van der Waals surface area contributed by atoms with Crippen LogP contribution in [0.5, 0.6) is 5.75 Å². The first kappa shape index (κ1) is 23.0. The summed E-state index contributed by atoms with van der Waals surface area (Å²) in [4.78, 5) is 39.0. The zero-order valence-corrected chi connectivity index (χ0v) is 18.4. The molecule has 9 heteroatoms. The number of nitrogens with one attached hydrogen (secondary N) is 1. The van der Waals surface area contributed by atoms with Crippen LogP contribution in [0.3, 0.4) is 0 Å². The number of likely N-dealkylation sites (tertiary alicyclic amines) is 1. The van der Waals surface area contributed by atoms with E-state index in [0.29, 0.717) is 23.4 Å². The molecule has 9 nitrogen and oxygen atoms in total. The first-order valence-electron chi connectivity index (χ1n) is 10.1. The van der Waals surface area contributed by atoms with Crippen molar-refractivity contribution < 1.29 is 29.3 Å². The Morgan fingerprint density at radius 3 is 2.50 bits per heavy atom. The van der Waals surface area contributed by atoms with Crippen molar-refractivity contribution in [3.63, 3.8) is 0 Å². The minimum atomic E-state index is -0.996. The molecule has 1 aliphatic heterocycles. The summed E-state index contributed by atoms with van der Waals surface area (Å²) in [5.74, 6) is -1.65. The summed E-state index contributed by atoms with van der Waals surface area (Å²) in [6.45, 7) is 2.53. The van der Waals surface area contributed by atoms with E-state index in [1.807, 2.05) is 14.1 Å². The van der Waals surface area contributed by atoms with Crippen LogP contribution in [0.4, 0.5) is 5.69 Å². The van der Waals surface area contributed by atoms with Crippen molar-refractivity contribution in [2.24, 2.45) is 0 Å². The third-order valence-electron chi connectivity index (χ3n) is 5.44. The van der Waals surface area contributed by atoms with E-state index in [1.165, 1.54) is 36.3 Å². The number of rotatable bonds is 7. The van der Waals surface area contributed by atoms with Crippen LogP contribution < -0.4 is 14.7 Å². The van der Waals surface area contributed by atoms with Gasteiger partial charge in [-0.05, 0) is 35.7 Å². The molecule has 1 aliphatic rings. The van der Waals surface area contributed by atoms with Gasteiger partial charge in [0.05, 0.1) is 45.3 Å². The second-order valence-corrected chi connectivity index (χ2v) is 7.97. The predicted molar refractivity (Wildman–Crippen MR) is 115 cm³/mol. The summed E-state index contributed by atoms with van der Waals surface area (Å²) < 4.78 is 5.23. The number of ketones is 1. The molecule has 1 unspecified atom stereocenters. The van der Waals surface area contributed by atoms with Gasteiger partial charge in [-0.2, -0.15) is 0 Å². The molecule has 0 saturated carbocycles. The number of nitro benzene ring substituents is 1. The van der Waals surface area contributed by atoms with E-state index in [-0.39, 0.29) is 23.4 Å². The Balaban J connectivity index is 2.19. The molecule has 32 heavy (non-hydrogen) atoms. The van der Waals surface area contributed by atoms with Gasteiger partial charge in [0.25, 0.3) is 11.6 Å². The number of carbonyl (C=O) groups is 2. The quantitative estimate of drug-likeness (QED) is 0.218. The van der Waals surface area contributed by atoms with Gasteiger partial charge >= 0.3 is 0 Å². The highest BCUT2D eigenvalue weighted by molar-refractivity contribution is 6.46. The van der Waals surface area contributed by atoms with Crippen molar-refractivity contribution in [2.45, 2.75) is 13.0 Å². The zero-order chi connectivity index (χ0) is 23.6. The molecule has 0 bridgehead atoms. The lowest BCUT2D eigenvalue weighted by Crippen LogP contribution is -3.06. The lowest BCUT2D eigenvalue weighted by molar-refractivity contribution is -0.857. The number of likely N-dealkylation sites (N-methyl/N-ethyl adjacent to an activating group) is 1. The van der Waals surface area contributed by atoms with E-state index in [1.54, 1.807) is 25.1 Å². The summed E-state index contributed by atoms with van der Waals surface area (Å²) in [5, 5.41) is 24.7. The Bertz CT molecular complexity index is 1110. The molecule has 0 radical (unpaired) electrons. The minimum Gasteiger partial charge on any atom is -0.872 e. The highest BCUT2D eigenvalue weighted by atomic mass is 16.6. The predicted octanol–water partition coefficient (Wildman–Crippen LogP) is 0.280. The third kappa shape index (κ3) is 4.33. The second-order valence-electron chi connectivity index (χ2n) is 7.97. The second kappa shape index (κ2) is 9.19. The number of Topliss-reactive ketones (excluding diaryl/α,β-unsaturated/α-hetero) is 1. The highest BCUT2D eigenvalue weighted by Gasteiger charge is 2.44. The maximum Gasteiger partial charge on any atom is 0.295 e. The van der Waals surface area contributed by atoms with E-state index >= 15 is 0 Å². The van der Waals surface area contributed by atoms with Gasteiger partial charge in [-0.25, -0.2) is 0 Å². The Morgan fingerprint density at radius 2 is 1.91 bits per heavy atom. The van der Waals surface area contributed by atoms with Gasteiger partial charge < -0.3 is 19.6 Å². The van der Waals surface area contributed by atoms with Gasteiger partial charge in [-0.15, -0.1) is 0 Å². The highest BCUT2D eigenvalue weighted by Crippen LogP contribution is 2.39. The van der Waals surface area contributed by atoms with Gasteiger partial charge in [0.15, 0.2) is 0 Å². The molecule has 1 atom stereocenters. The van der Waals surface area contributed by atoms with Gasteiger partial charge in [0, 0.05) is 17.7 Å². The number of methoxy groups -OCH3 is 1. The van der Waals surface area contributed by atoms with Crippen molar-refractivity contribution in [2.75, 3.05) is 34.3 Å². The van der Waals surface area contributed by atoms with Crippen LogP contribution in [0.2, 0.25) is 0 Å². The number of nitrogens with zero attached hydrogens (tertiary/aromatic N) is 2. The maximum atomic E-state index is 13.4. The van der Waals surface area contributed by atoms with Crippen LogP contribution in [0.25, 0.3) is 5.76 Å². The Labute approximate surface area is 185 Å². The van der Waals surface area contributed by atoms with Crippen molar-refractivity contribution in [1.29, 1.82) is 0 Å². The van der Waals surface area contributed by atoms with Gasteiger partial charge in [0.2, 0.25) is 5.78 Å². The van der Waals surface area contributed by atoms with Crippen LogP contribution in [0, 0.1) is 17.0 Å². The number of carbonyl (C=O) groups excluding carboxylic acids is 2. The average Bonchev–Trinajstić information content (AvgIpc) is 3.01. The summed E-state index contributed by atoms with van der Waals surface area (Å²) in [6.07, 6.45) is 0. The first-order chi connectivity index (χ1) is 15.1. The first-order valence-corrected chi connectivity index (χ1v) is 10.1. The molecule has 1 fully saturated rings. The SMILES string of the molecule is COc1ccc(/C([O-])=C2\C(=O)C(=O)N(CC[NH+](C)C)C2c2cccc([N+](=O)[O-])c2)cc1C. The molecule has 0 aliphatic carbocycles. The Morgan fingerprint density at radius 1 is 1.19 bits per heavy atom. The van der Waals surface area contributed by atoms with Crippen molar-refractivity contribution in [1.82, 2.24) is 4.90 Å². The topological polar surface area (TPSA) is 117 Å². The molecule has 1 amide bonds. The standard InChI is InChI=1S/C23H25N3O6/c1-14-12-16(8-9-18(14)32-4)21(27)19-20(15-6-5-7-17(13-15)26(30)31)25(11-10-24(2)3)23(29)22(19)28/h5-9,12-13,20,27H,10-11H2,1-4H3/b21-19+. The number of amides is 1. The molecule has 0 aromatic heterocycles. The molecule has 2 aromatic rings. The smallest absolute Gasteiger partial charge is 0.295 e. The van der Waals surface area contributed by atoms with E-state index in [2.05, 4.69) is 0 Å². The van der Waals surface area contributed by atoms with Crippen molar-refractivity contribution in [3.05, 3.63) is 74.8 Å². The summed E-state index contributed by atoms with van der Waals surface area (Å²) in [5.41, 5.74) is 0.916. The monoisotopic (exact) mass is 439 g/mol. The van der Waals surface area contributed by atoms with E-state index in [4.69, 9.17) is 4.74 Å². The fourth-order valence-electron chi connectivity index (χ4n) is 3.78. The summed E-state index contributed by atoms with van der Waals surface area (Å²) in [7, 11) is 5.32. The lowest BCUT2D eigenvalue weighted by Gasteiger charge is -2.27. The van der Waals surface area contributed by atoms with E-state index in [0.717, 1.165) is 4.90 Å². The van der Waals surface area contributed by atoms with Crippen LogP contribution >= 0.6 is 0 Å². The minimum absolute atomic E-state index is 0.181. The van der Waals surface area contributed by atoms with Crippen molar-refractivity contribution in [3.8, 4) is 5.75 Å². The van der Waals surface area contributed by atoms with Gasteiger partial charge in [-0.3, -0.25) is 19.7 Å². The number of hydrogen-bond acceptors (Lipinski definition) is 6. The molecule has 3 rings (SSSR count). The number of nitro groups is 1. The number of aryl methyl sites for hydroxylation is 1. The Hall–Kier alpha value is -3.72. The van der Waals surface area contributed by atoms with Gasteiger partial charge in [-0.1, -0.05) is 24.0 Å². The molecule has 1 N–H and O–H groups in total. The molecule has 1 saturated heterocycles. The number of benzene rings is 2. The molecular weight excluding hydrogens is 414 g/mol. The average molecular weight is 439 g/mol. The van der Waals surface area contributed by atoms with E-state index < -0.39 is 28.4 Å². The van der Waals surface area contributed by atoms with E-state index in [9.17, 15) is 24.8 Å². The largest absolute Gasteiger partial charge is 0.872 e. The summed E-state index contributed by atoms with van der Waals surface area (Å²) >= 11 is 0. The number of ether oxygens (including phenoxy) is 1. The maximum absolute atomic E-state index is 13.4. The van der Waals surface area contributed by atoms with Crippen LogP contribution in [0.15, 0.2) is 48.0 Å². The van der Waals surface area contributed by atoms with Crippen molar-refractivity contribution >= 4 is 23.1 Å². The van der Waals surface area contributed by atoms with Crippen LogP contribution in [-0.2, 0) is 9.59 Å². The molecule has 2 aromatic carbocycles. The Kier molecular flexibility index (Phi) is 6.59. The van der Waals surface area contributed by atoms with Crippen LogP contribution in [-0.4, -0.2) is 55.8 Å². The summed E-state index contributed by atoms with van der Waals surface area (Å²) in [6, 6.07) is 9.47. The third-order valence-corrected chi connectivity index (χ3v) is 5.44. The van der Waals surface area contributed by atoms with Crippen LogP contribution in [0.1, 0.15) is 22.7 Å². The number of quaternary nitrogens is 1. The number of non-ortho nitro benzene ring substituents is 1. The number of hydrogen-bond donors (Lipinski definition) is 1. The normalized spacial score (nSPS) is 17.8. The molecular formula is C23H25N3O6. The molecule has 1 heterocycles. The zero-order valence-electron chi connectivity index (χ0n) is 18.4. The fourth-order valence-corrected chi connectivity index (χ4v) is 3.78. The molecule has 168 valence electrons.